The highest BCUT2D eigenvalue weighted by Crippen LogP contribution is 2.28. The smallest absolute Gasteiger partial charge is 0.272 e. The van der Waals surface area contributed by atoms with Gasteiger partial charge in [-0.2, -0.15) is 0 Å². The van der Waals surface area contributed by atoms with Crippen molar-refractivity contribution < 1.29 is 14.6 Å². The van der Waals surface area contributed by atoms with Gasteiger partial charge in [-0.1, -0.05) is 48.5 Å². The molecule has 0 aliphatic carbocycles. The third-order valence-electron chi connectivity index (χ3n) is 6.22. The van der Waals surface area contributed by atoms with E-state index in [9.17, 15) is 4.79 Å². The minimum atomic E-state index is 0.0189. The molecular formula is C26H32N4O3. The Morgan fingerprint density at radius 3 is 2.45 bits per heavy atom. The van der Waals surface area contributed by atoms with Crippen LogP contribution >= 0.6 is 0 Å². The molecule has 0 bridgehead atoms. The third kappa shape index (κ3) is 5.50. The van der Waals surface area contributed by atoms with Crippen LogP contribution in [0.1, 0.15) is 34.5 Å². The lowest BCUT2D eigenvalue weighted by Crippen LogP contribution is -2.45. The van der Waals surface area contributed by atoms with E-state index in [0.717, 1.165) is 35.1 Å². The summed E-state index contributed by atoms with van der Waals surface area (Å²) in [7, 11) is 1.71. The number of benzene rings is 2. The van der Waals surface area contributed by atoms with Gasteiger partial charge in [-0.05, 0) is 35.1 Å². The SMILES string of the molecule is COCc1ccccc1-c1ccccc1Cn1cncc1C(=O)N1CCC(NCCO)CC1. The van der Waals surface area contributed by atoms with Crippen LogP contribution in [0.4, 0.5) is 0 Å². The maximum Gasteiger partial charge on any atom is 0.272 e. The van der Waals surface area contributed by atoms with Crippen LogP contribution in [-0.4, -0.2) is 64.9 Å². The number of carbonyl (C=O) groups is 1. The molecule has 33 heavy (non-hydrogen) atoms. The van der Waals surface area contributed by atoms with Gasteiger partial charge in [0.1, 0.15) is 5.69 Å². The van der Waals surface area contributed by atoms with E-state index in [4.69, 9.17) is 9.84 Å². The van der Waals surface area contributed by atoms with Crippen LogP contribution in [0.3, 0.4) is 0 Å². The second-order valence-corrected chi connectivity index (χ2v) is 8.40. The van der Waals surface area contributed by atoms with Gasteiger partial charge in [-0.15, -0.1) is 0 Å². The van der Waals surface area contributed by atoms with Crippen LogP contribution in [0.5, 0.6) is 0 Å². The Balaban J connectivity index is 1.52. The van der Waals surface area contributed by atoms with Crippen LogP contribution in [0.15, 0.2) is 61.1 Å². The number of amides is 1. The number of rotatable bonds is 9. The van der Waals surface area contributed by atoms with Crippen molar-refractivity contribution >= 4 is 5.91 Å². The van der Waals surface area contributed by atoms with E-state index in [2.05, 4.69) is 34.6 Å². The summed E-state index contributed by atoms with van der Waals surface area (Å²) in [6.07, 6.45) is 5.18. The van der Waals surface area contributed by atoms with Crippen molar-refractivity contribution in [1.29, 1.82) is 0 Å². The van der Waals surface area contributed by atoms with Crippen LogP contribution in [0.25, 0.3) is 11.1 Å². The first kappa shape index (κ1) is 23.2. The summed E-state index contributed by atoms with van der Waals surface area (Å²) in [6, 6.07) is 16.9. The van der Waals surface area contributed by atoms with Crippen molar-refractivity contribution in [2.45, 2.75) is 32.0 Å². The number of hydrogen-bond donors (Lipinski definition) is 2. The molecule has 0 saturated carbocycles. The molecule has 1 aliphatic rings. The number of imidazole rings is 1. The molecule has 0 radical (unpaired) electrons. The number of nitrogens with one attached hydrogen (secondary N) is 1. The molecule has 7 heteroatoms. The normalized spacial score (nSPS) is 14.5. The lowest BCUT2D eigenvalue weighted by atomic mass is 9.95. The van der Waals surface area contributed by atoms with Gasteiger partial charge in [0.2, 0.25) is 0 Å². The minimum Gasteiger partial charge on any atom is -0.395 e. The van der Waals surface area contributed by atoms with E-state index in [1.807, 2.05) is 33.7 Å². The van der Waals surface area contributed by atoms with E-state index < -0.39 is 0 Å². The molecule has 1 aromatic heterocycles. The molecule has 1 aliphatic heterocycles. The van der Waals surface area contributed by atoms with E-state index in [0.29, 0.717) is 44.5 Å². The fourth-order valence-corrected chi connectivity index (χ4v) is 4.51. The Morgan fingerprint density at radius 1 is 1.09 bits per heavy atom. The lowest BCUT2D eigenvalue weighted by Gasteiger charge is -2.32. The average molecular weight is 449 g/mol. The number of hydrogen-bond acceptors (Lipinski definition) is 5. The maximum absolute atomic E-state index is 13.3. The minimum absolute atomic E-state index is 0.0189. The number of aliphatic hydroxyl groups excluding tert-OH is 1. The molecule has 1 fully saturated rings. The summed E-state index contributed by atoms with van der Waals surface area (Å²) in [5.74, 6) is 0.0189. The predicted octanol–water partition coefficient (Wildman–Crippen LogP) is 2.93. The lowest BCUT2D eigenvalue weighted by molar-refractivity contribution is 0.0693. The first-order chi connectivity index (χ1) is 16.2. The fourth-order valence-electron chi connectivity index (χ4n) is 4.51. The number of piperidine rings is 1. The molecule has 2 heterocycles. The molecule has 2 aromatic carbocycles. The molecule has 174 valence electrons. The first-order valence-corrected chi connectivity index (χ1v) is 11.5. The van der Waals surface area contributed by atoms with Crippen molar-refractivity contribution in [2.75, 3.05) is 33.4 Å². The number of ether oxygens (including phenoxy) is 1. The first-order valence-electron chi connectivity index (χ1n) is 11.5. The molecule has 2 N–H and O–H groups in total. The van der Waals surface area contributed by atoms with E-state index in [-0.39, 0.29) is 12.5 Å². The number of carbonyl (C=O) groups excluding carboxylic acids is 1. The Morgan fingerprint density at radius 2 is 1.76 bits per heavy atom. The molecular weight excluding hydrogens is 416 g/mol. The maximum atomic E-state index is 13.3. The molecule has 3 aromatic rings. The molecule has 1 amide bonds. The number of nitrogens with zero attached hydrogens (tertiary/aromatic N) is 3. The molecule has 4 rings (SSSR count). The van der Waals surface area contributed by atoms with Crippen LogP contribution in [0.2, 0.25) is 0 Å². The number of likely N-dealkylation sites (tertiary alicyclic amines) is 1. The molecule has 0 unspecified atom stereocenters. The van der Waals surface area contributed by atoms with Crippen molar-refractivity contribution in [3.8, 4) is 11.1 Å². The number of aromatic nitrogens is 2. The molecule has 1 saturated heterocycles. The molecule has 0 atom stereocenters. The van der Waals surface area contributed by atoms with Crippen LogP contribution in [-0.2, 0) is 17.9 Å². The number of methoxy groups -OCH3 is 1. The zero-order valence-corrected chi connectivity index (χ0v) is 19.1. The summed E-state index contributed by atoms with van der Waals surface area (Å²) in [5.41, 5.74) is 5.14. The van der Waals surface area contributed by atoms with Gasteiger partial charge in [-0.25, -0.2) is 4.98 Å². The zero-order chi connectivity index (χ0) is 23.0. The second kappa shape index (κ2) is 11.2. The summed E-state index contributed by atoms with van der Waals surface area (Å²) in [6.45, 7) is 3.24. The van der Waals surface area contributed by atoms with Gasteiger partial charge in [-0.3, -0.25) is 4.79 Å². The quantitative estimate of drug-likeness (QED) is 0.526. The summed E-state index contributed by atoms with van der Waals surface area (Å²) in [4.78, 5) is 19.5. The second-order valence-electron chi connectivity index (χ2n) is 8.40. The standard InChI is InChI=1S/C26H32N4O3/c1-33-18-21-7-3-5-9-24(21)23-8-4-2-6-20(23)17-30-19-27-16-25(30)26(32)29-13-10-22(11-14-29)28-12-15-31/h2-9,16,19,22,28,31H,10-15,17-18H2,1H3. The fraction of sp³-hybridized carbons (Fsp3) is 0.385. The van der Waals surface area contributed by atoms with Gasteiger partial charge in [0.15, 0.2) is 0 Å². The van der Waals surface area contributed by atoms with Gasteiger partial charge >= 0.3 is 0 Å². The van der Waals surface area contributed by atoms with Crippen molar-refractivity contribution in [3.63, 3.8) is 0 Å². The average Bonchev–Trinajstić information content (AvgIpc) is 3.32. The Labute approximate surface area is 195 Å². The molecule has 0 spiro atoms. The van der Waals surface area contributed by atoms with Crippen molar-refractivity contribution in [2.24, 2.45) is 0 Å². The van der Waals surface area contributed by atoms with Gasteiger partial charge in [0.25, 0.3) is 5.91 Å². The highest BCUT2D eigenvalue weighted by molar-refractivity contribution is 5.92. The summed E-state index contributed by atoms with van der Waals surface area (Å²) in [5, 5.41) is 12.3. The highest BCUT2D eigenvalue weighted by atomic mass is 16.5. The Bertz CT molecular complexity index is 1060. The predicted molar refractivity (Wildman–Crippen MR) is 128 cm³/mol. The van der Waals surface area contributed by atoms with Gasteiger partial charge < -0.3 is 24.6 Å². The largest absolute Gasteiger partial charge is 0.395 e. The van der Waals surface area contributed by atoms with Crippen LogP contribution < -0.4 is 5.32 Å². The Kier molecular flexibility index (Phi) is 7.88. The Hall–Kier alpha value is -3.00. The van der Waals surface area contributed by atoms with E-state index >= 15 is 0 Å². The highest BCUT2D eigenvalue weighted by Gasteiger charge is 2.25. The third-order valence-corrected chi connectivity index (χ3v) is 6.22. The van der Waals surface area contributed by atoms with Crippen molar-refractivity contribution in [1.82, 2.24) is 19.8 Å². The number of aliphatic hydroxyl groups is 1. The van der Waals surface area contributed by atoms with Gasteiger partial charge in [0.05, 0.1) is 25.7 Å². The molecule has 7 nitrogen and oxygen atoms in total. The monoisotopic (exact) mass is 448 g/mol. The topological polar surface area (TPSA) is 79.6 Å². The van der Waals surface area contributed by atoms with Gasteiger partial charge in [0, 0.05) is 39.3 Å². The zero-order valence-electron chi connectivity index (χ0n) is 19.1. The summed E-state index contributed by atoms with van der Waals surface area (Å²) < 4.78 is 7.34. The van der Waals surface area contributed by atoms with E-state index in [1.165, 1.54) is 0 Å². The summed E-state index contributed by atoms with van der Waals surface area (Å²) >= 11 is 0. The van der Waals surface area contributed by atoms with Crippen LogP contribution in [0, 0.1) is 0 Å². The van der Waals surface area contributed by atoms with Crippen molar-refractivity contribution in [3.05, 3.63) is 77.9 Å². The van der Waals surface area contributed by atoms with E-state index in [1.54, 1.807) is 19.6 Å².